The first-order chi connectivity index (χ1) is 12.5. The van der Waals surface area contributed by atoms with Crippen molar-refractivity contribution in [1.29, 1.82) is 0 Å². The van der Waals surface area contributed by atoms with Gasteiger partial charge in [0.15, 0.2) is 5.96 Å². The van der Waals surface area contributed by atoms with Crippen LogP contribution in [-0.4, -0.2) is 34.8 Å². The Balaban J connectivity index is 1.91. The molecule has 1 aromatic carbocycles. The number of aromatic nitrogens is 2. The first kappa shape index (κ1) is 19.8. The van der Waals surface area contributed by atoms with E-state index < -0.39 is 12.6 Å². The molecule has 0 aliphatic rings. The number of halogens is 3. The molecule has 0 atom stereocenters. The fourth-order valence-corrected chi connectivity index (χ4v) is 2.40. The third-order valence-electron chi connectivity index (χ3n) is 3.71. The smallest absolute Gasteiger partial charge is 0.357 e. The molecule has 0 bridgehead atoms. The Labute approximate surface area is 151 Å². The monoisotopic (exact) mass is 367 g/mol. The van der Waals surface area contributed by atoms with E-state index in [2.05, 4.69) is 32.7 Å². The van der Waals surface area contributed by atoms with Crippen molar-refractivity contribution in [1.82, 2.24) is 20.2 Å². The molecular formula is C18H24F3N5. The molecule has 0 aliphatic heterocycles. The van der Waals surface area contributed by atoms with Gasteiger partial charge < -0.3 is 15.2 Å². The lowest BCUT2D eigenvalue weighted by atomic mass is 10.1. The quantitative estimate of drug-likeness (QED) is 0.557. The number of benzene rings is 1. The summed E-state index contributed by atoms with van der Waals surface area (Å²) in [5.41, 5.74) is 1.23. The van der Waals surface area contributed by atoms with Crippen LogP contribution >= 0.6 is 0 Å². The van der Waals surface area contributed by atoms with Gasteiger partial charge in [0, 0.05) is 32.0 Å². The molecule has 0 amide bonds. The Morgan fingerprint density at radius 1 is 1.19 bits per heavy atom. The maximum absolute atomic E-state index is 12.3. The maximum Gasteiger partial charge on any atom is 0.390 e. The van der Waals surface area contributed by atoms with Crippen LogP contribution in [0, 0.1) is 0 Å². The number of nitrogens with zero attached hydrogens (tertiary/aromatic N) is 3. The molecule has 2 rings (SSSR count). The number of rotatable bonds is 8. The molecule has 142 valence electrons. The van der Waals surface area contributed by atoms with E-state index in [0.717, 1.165) is 18.8 Å². The molecule has 5 nitrogen and oxygen atoms in total. The SMILES string of the molecule is CCNC(=NCc1nccn1CCc1ccccc1)NCCC(F)(F)F. The van der Waals surface area contributed by atoms with E-state index in [0.29, 0.717) is 19.0 Å². The molecule has 0 spiro atoms. The molecular weight excluding hydrogens is 343 g/mol. The number of alkyl halides is 3. The number of hydrogen-bond donors (Lipinski definition) is 2. The third-order valence-corrected chi connectivity index (χ3v) is 3.71. The average molecular weight is 367 g/mol. The summed E-state index contributed by atoms with van der Waals surface area (Å²) >= 11 is 0. The van der Waals surface area contributed by atoms with Crippen LogP contribution in [0.15, 0.2) is 47.7 Å². The van der Waals surface area contributed by atoms with Gasteiger partial charge in [0.2, 0.25) is 0 Å². The highest BCUT2D eigenvalue weighted by molar-refractivity contribution is 5.79. The van der Waals surface area contributed by atoms with E-state index in [4.69, 9.17) is 0 Å². The minimum absolute atomic E-state index is 0.211. The van der Waals surface area contributed by atoms with E-state index in [1.807, 2.05) is 35.9 Å². The van der Waals surface area contributed by atoms with E-state index >= 15 is 0 Å². The predicted octanol–water partition coefficient (Wildman–Crippen LogP) is 3.13. The molecule has 1 heterocycles. The highest BCUT2D eigenvalue weighted by atomic mass is 19.4. The van der Waals surface area contributed by atoms with Gasteiger partial charge in [0.05, 0.1) is 6.42 Å². The van der Waals surface area contributed by atoms with Crippen molar-refractivity contribution in [3.63, 3.8) is 0 Å². The highest BCUT2D eigenvalue weighted by Gasteiger charge is 2.26. The Kier molecular flexibility index (Phi) is 7.50. The van der Waals surface area contributed by atoms with Crippen LogP contribution in [0.1, 0.15) is 24.7 Å². The molecule has 0 fully saturated rings. The summed E-state index contributed by atoms with van der Waals surface area (Å²) < 4.78 is 38.8. The summed E-state index contributed by atoms with van der Waals surface area (Å²) in [6.07, 6.45) is -0.614. The standard InChI is InChI=1S/C18H24F3N5/c1-2-22-17(24-10-9-18(19,20)21)25-14-16-23-11-13-26(16)12-8-15-6-4-3-5-7-15/h3-7,11,13H,2,8-10,12,14H2,1H3,(H2,22,24,25). The average Bonchev–Trinajstić information content (AvgIpc) is 3.05. The second-order valence-electron chi connectivity index (χ2n) is 5.76. The lowest BCUT2D eigenvalue weighted by Gasteiger charge is -2.13. The first-order valence-corrected chi connectivity index (χ1v) is 8.61. The van der Waals surface area contributed by atoms with Gasteiger partial charge in [-0.2, -0.15) is 13.2 Å². The van der Waals surface area contributed by atoms with Gasteiger partial charge in [-0.3, -0.25) is 0 Å². The normalized spacial score (nSPS) is 12.2. The van der Waals surface area contributed by atoms with Crippen molar-refractivity contribution in [2.75, 3.05) is 13.1 Å². The first-order valence-electron chi connectivity index (χ1n) is 8.61. The van der Waals surface area contributed by atoms with Crippen LogP contribution < -0.4 is 10.6 Å². The number of imidazole rings is 1. The molecule has 0 aliphatic carbocycles. The zero-order chi connectivity index (χ0) is 18.8. The van der Waals surface area contributed by atoms with Gasteiger partial charge in [-0.05, 0) is 18.9 Å². The topological polar surface area (TPSA) is 54.2 Å². The maximum atomic E-state index is 12.3. The predicted molar refractivity (Wildman–Crippen MR) is 95.9 cm³/mol. The van der Waals surface area contributed by atoms with Crippen molar-refractivity contribution in [3.8, 4) is 0 Å². The molecule has 0 saturated carbocycles. The van der Waals surface area contributed by atoms with Crippen LogP contribution in [0.2, 0.25) is 0 Å². The number of hydrogen-bond acceptors (Lipinski definition) is 2. The summed E-state index contributed by atoms with van der Waals surface area (Å²) in [6.45, 7) is 3.29. The fourth-order valence-electron chi connectivity index (χ4n) is 2.40. The number of aliphatic imine (C=N–C) groups is 1. The zero-order valence-corrected chi connectivity index (χ0v) is 14.8. The zero-order valence-electron chi connectivity index (χ0n) is 14.8. The van der Waals surface area contributed by atoms with Gasteiger partial charge in [0.25, 0.3) is 0 Å². The van der Waals surface area contributed by atoms with Crippen LogP contribution in [-0.2, 0) is 19.5 Å². The van der Waals surface area contributed by atoms with Gasteiger partial charge >= 0.3 is 6.18 Å². The Morgan fingerprint density at radius 2 is 1.96 bits per heavy atom. The number of nitrogens with one attached hydrogen (secondary N) is 2. The summed E-state index contributed by atoms with van der Waals surface area (Å²) in [5.74, 6) is 1.13. The largest absolute Gasteiger partial charge is 0.390 e. The summed E-state index contributed by atoms with van der Waals surface area (Å²) in [5, 5.41) is 5.64. The lowest BCUT2D eigenvalue weighted by molar-refractivity contribution is -0.132. The number of aryl methyl sites for hydroxylation is 2. The van der Waals surface area contributed by atoms with Gasteiger partial charge in [-0.25, -0.2) is 9.98 Å². The van der Waals surface area contributed by atoms with E-state index in [9.17, 15) is 13.2 Å². The minimum Gasteiger partial charge on any atom is -0.357 e. The Hall–Kier alpha value is -2.51. The van der Waals surface area contributed by atoms with Crippen LogP contribution in [0.5, 0.6) is 0 Å². The summed E-state index contributed by atoms with van der Waals surface area (Å²) in [7, 11) is 0. The molecule has 1 aromatic heterocycles. The van der Waals surface area contributed by atoms with Crippen LogP contribution in [0.3, 0.4) is 0 Å². The molecule has 2 aromatic rings. The second-order valence-corrected chi connectivity index (χ2v) is 5.76. The van der Waals surface area contributed by atoms with Crippen LogP contribution in [0.25, 0.3) is 0 Å². The Morgan fingerprint density at radius 3 is 2.65 bits per heavy atom. The van der Waals surface area contributed by atoms with E-state index in [1.165, 1.54) is 5.56 Å². The van der Waals surface area contributed by atoms with Crippen molar-refractivity contribution < 1.29 is 13.2 Å². The Bertz CT molecular complexity index is 680. The molecule has 0 radical (unpaired) electrons. The van der Waals surface area contributed by atoms with Crippen LogP contribution in [0.4, 0.5) is 13.2 Å². The highest BCUT2D eigenvalue weighted by Crippen LogP contribution is 2.18. The fraction of sp³-hybridized carbons (Fsp3) is 0.444. The van der Waals surface area contributed by atoms with Crippen molar-refractivity contribution >= 4 is 5.96 Å². The molecule has 0 saturated heterocycles. The molecule has 8 heteroatoms. The van der Waals surface area contributed by atoms with Gasteiger partial charge in [-0.15, -0.1) is 0 Å². The van der Waals surface area contributed by atoms with E-state index in [1.54, 1.807) is 6.20 Å². The third kappa shape index (κ3) is 7.16. The van der Waals surface area contributed by atoms with E-state index in [-0.39, 0.29) is 6.54 Å². The lowest BCUT2D eigenvalue weighted by Crippen LogP contribution is -2.39. The van der Waals surface area contributed by atoms with Crippen molar-refractivity contribution in [3.05, 3.63) is 54.1 Å². The van der Waals surface area contributed by atoms with Gasteiger partial charge in [0.1, 0.15) is 12.4 Å². The minimum atomic E-state index is -4.18. The molecule has 26 heavy (non-hydrogen) atoms. The second kappa shape index (κ2) is 9.84. The molecule has 2 N–H and O–H groups in total. The summed E-state index contributed by atoms with van der Waals surface area (Å²) in [4.78, 5) is 8.64. The molecule has 0 unspecified atom stereocenters. The number of guanidine groups is 1. The van der Waals surface area contributed by atoms with Gasteiger partial charge in [-0.1, -0.05) is 30.3 Å². The summed E-state index contributed by atoms with van der Waals surface area (Å²) in [6, 6.07) is 10.1. The van der Waals surface area contributed by atoms with Crippen molar-refractivity contribution in [2.45, 2.75) is 39.0 Å². The van der Waals surface area contributed by atoms with Crippen molar-refractivity contribution in [2.24, 2.45) is 4.99 Å².